The van der Waals surface area contributed by atoms with Gasteiger partial charge in [-0.15, -0.1) is 0 Å². The van der Waals surface area contributed by atoms with Crippen molar-refractivity contribution >= 4 is 57.4 Å². The van der Waals surface area contributed by atoms with E-state index >= 15 is 0 Å². The summed E-state index contributed by atoms with van der Waals surface area (Å²) in [4.78, 5) is 10.1. The maximum atomic E-state index is 10.1. The van der Waals surface area contributed by atoms with Crippen LogP contribution in [0.4, 0.5) is 0 Å². The van der Waals surface area contributed by atoms with Crippen LogP contribution >= 0.6 is 0 Å². The molecule has 0 rings (SSSR count). The van der Waals surface area contributed by atoms with Crippen molar-refractivity contribution in [3.05, 3.63) is 12.7 Å². The van der Waals surface area contributed by atoms with Crippen LogP contribution in [0.3, 0.4) is 0 Å². The molecular weight excluding hydrogens is 131 g/mol. The number of rotatable bonds is 2. The minimum absolute atomic E-state index is 0. The van der Waals surface area contributed by atoms with Gasteiger partial charge in [-0.25, -0.2) is 4.79 Å². The third-order valence-corrected chi connectivity index (χ3v) is 0.453. The topological polar surface area (TPSA) is 26.3 Å². The Labute approximate surface area is 91.7 Å². The van der Waals surface area contributed by atoms with Gasteiger partial charge in [-0.05, 0) is 6.92 Å². The number of carbonyl (C=O) groups excluding carboxylic acids is 1. The minimum Gasteiger partial charge on any atom is -0.463 e. The van der Waals surface area contributed by atoms with E-state index in [0.29, 0.717) is 6.61 Å². The first-order valence-electron chi connectivity index (χ1n) is 2.10. The zero-order valence-electron chi connectivity index (χ0n) is 5.31. The molecule has 3 heteroatoms. The first kappa shape index (κ1) is 11.6. The second kappa shape index (κ2) is 7.85. The average molecular weight is 139 g/mol. The molecule has 8 heavy (non-hydrogen) atoms. The van der Waals surface area contributed by atoms with Gasteiger partial charge in [0.05, 0.1) is 6.61 Å². The Morgan fingerprint density at radius 3 is 2.50 bits per heavy atom. The molecular formula is C5H8KO2. The normalized spacial score (nSPS) is 6.62. The number of ether oxygens (including phenoxy) is 1. The molecule has 0 atom stereocenters. The van der Waals surface area contributed by atoms with Crippen LogP contribution in [0.2, 0.25) is 0 Å². The standard InChI is InChI=1S/C5H8O2.K/c1-3-5(6)7-4-2;/h3H,1,4H2,2H3;. The summed E-state index contributed by atoms with van der Waals surface area (Å²) in [7, 11) is 0. The Morgan fingerprint density at radius 1 is 1.88 bits per heavy atom. The zero-order chi connectivity index (χ0) is 5.70. The molecule has 0 saturated heterocycles. The maximum absolute atomic E-state index is 10.1. The van der Waals surface area contributed by atoms with E-state index in [-0.39, 0.29) is 57.4 Å². The minimum atomic E-state index is -0.359. The van der Waals surface area contributed by atoms with Crippen molar-refractivity contribution in [2.75, 3.05) is 6.61 Å². The van der Waals surface area contributed by atoms with Crippen molar-refractivity contribution in [1.82, 2.24) is 0 Å². The van der Waals surface area contributed by atoms with Crippen LogP contribution in [-0.4, -0.2) is 64.0 Å². The van der Waals surface area contributed by atoms with E-state index in [2.05, 4.69) is 11.3 Å². The molecule has 0 bridgehead atoms. The van der Waals surface area contributed by atoms with Gasteiger partial charge in [-0.3, -0.25) is 0 Å². The van der Waals surface area contributed by atoms with Crippen LogP contribution in [0.5, 0.6) is 0 Å². The molecule has 1 radical (unpaired) electrons. The fourth-order valence-corrected chi connectivity index (χ4v) is 0.201. The van der Waals surface area contributed by atoms with Crippen molar-refractivity contribution in [2.45, 2.75) is 6.92 Å². The Morgan fingerprint density at radius 2 is 2.38 bits per heavy atom. The van der Waals surface area contributed by atoms with Gasteiger partial charge in [0, 0.05) is 57.5 Å². The van der Waals surface area contributed by atoms with Gasteiger partial charge in [0.25, 0.3) is 0 Å². The second-order valence-electron chi connectivity index (χ2n) is 0.956. The van der Waals surface area contributed by atoms with E-state index in [9.17, 15) is 4.79 Å². The Balaban J connectivity index is 0. The van der Waals surface area contributed by atoms with Crippen molar-refractivity contribution < 1.29 is 9.53 Å². The molecule has 2 nitrogen and oxygen atoms in total. The molecule has 0 unspecified atom stereocenters. The van der Waals surface area contributed by atoms with Crippen molar-refractivity contribution in [3.8, 4) is 0 Å². The van der Waals surface area contributed by atoms with Gasteiger partial charge in [0.15, 0.2) is 0 Å². The summed E-state index contributed by atoms with van der Waals surface area (Å²) in [5.74, 6) is -0.359. The smallest absolute Gasteiger partial charge is 0.330 e. The van der Waals surface area contributed by atoms with E-state index in [1.807, 2.05) is 0 Å². The van der Waals surface area contributed by atoms with Crippen LogP contribution in [0.15, 0.2) is 12.7 Å². The largest absolute Gasteiger partial charge is 0.463 e. The third-order valence-electron chi connectivity index (χ3n) is 0.453. The van der Waals surface area contributed by atoms with E-state index < -0.39 is 0 Å². The molecule has 0 aliphatic carbocycles. The Hall–Kier alpha value is 0.846. The van der Waals surface area contributed by atoms with E-state index in [1.54, 1.807) is 6.92 Å². The van der Waals surface area contributed by atoms with Crippen molar-refractivity contribution in [2.24, 2.45) is 0 Å². The van der Waals surface area contributed by atoms with Crippen LogP contribution < -0.4 is 0 Å². The molecule has 0 amide bonds. The summed E-state index contributed by atoms with van der Waals surface area (Å²) in [6, 6.07) is 0. The average Bonchev–Trinajstić information content (AvgIpc) is 1.68. The molecule has 0 aromatic carbocycles. The predicted molar refractivity (Wildman–Crippen MR) is 32.6 cm³/mol. The van der Waals surface area contributed by atoms with Gasteiger partial charge in [0.2, 0.25) is 0 Å². The summed E-state index contributed by atoms with van der Waals surface area (Å²) >= 11 is 0. The van der Waals surface area contributed by atoms with Crippen LogP contribution in [0, 0.1) is 0 Å². The quantitative estimate of drug-likeness (QED) is 0.313. The maximum Gasteiger partial charge on any atom is 0.330 e. The molecule has 0 aromatic heterocycles. The van der Waals surface area contributed by atoms with Crippen LogP contribution in [0.1, 0.15) is 6.92 Å². The molecule has 0 spiro atoms. The van der Waals surface area contributed by atoms with E-state index in [4.69, 9.17) is 0 Å². The van der Waals surface area contributed by atoms with E-state index in [1.165, 1.54) is 0 Å². The van der Waals surface area contributed by atoms with Crippen molar-refractivity contribution in [1.29, 1.82) is 0 Å². The molecule has 0 saturated carbocycles. The second-order valence-corrected chi connectivity index (χ2v) is 0.956. The van der Waals surface area contributed by atoms with E-state index in [0.717, 1.165) is 6.08 Å². The van der Waals surface area contributed by atoms with Crippen molar-refractivity contribution in [3.63, 3.8) is 0 Å². The molecule has 0 aliphatic rings. The number of hydrogen-bond donors (Lipinski definition) is 0. The van der Waals surface area contributed by atoms with Gasteiger partial charge in [-0.1, -0.05) is 6.58 Å². The first-order valence-corrected chi connectivity index (χ1v) is 2.10. The summed E-state index contributed by atoms with van der Waals surface area (Å²) in [6.45, 7) is 5.38. The SMILES string of the molecule is C=CC(=O)OCC.[K]. The summed E-state index contributed by atoms with van der Waals surface area (Å²) in [6.07, 6.45) is 1.14. The monoisotopic (exact) mass is 139 g/mol. The van der Waals surface area contributed by atoms with Gasteiger partial charge < -0.3 is 4.74 Å². The molecule has 0 N–H and O–H groups in total. The van der Waals surface area contributed by atoms with Crippen LogP contribution in [-0.2, 0) is 9.53 Å². The third kappa shape index (κ3) is 6.85. The Kier molecular flexibility index (Phi) is 11.4. The number of hydrogen-bond acceptors (Lipinski definition) is 2. The zero-order valence-corrected chi connectivity index (χ0v) is 8.43. The molecule has 0 aliphatic heterocycles. The fraction of sp³-hybridized carbons (Fsp3) is 0.400. The van der Waals surface area contributed by atoms with Crippen LogP contribution in [0.25, 0.3) is 0 Å². The predicted octanol–water partition coefficient (Wildman–Crippen LogP) is 0.355. The van der Waals surface area contributed by atoms with Gasteiger partial charge >= 0.3 is 5.97 Å². The number of carbonyl (C=O) groups is 1. The molecule has 0 aromatic rings. The number of esters is 1. The molecule has 0 fully saturated rings. The summed E-state index contributed by atoms with van der Waals surface area (Å²) in [5.41, 5.74) is 0. The first-order chi connectivity index (χ1) is 3.31. The fourth-order valence-electron chi connectivity index (χ4n) is 0.201. The van der Waals surface area contributed by atoms with Gasteiger partial charge in [-0.2, -0.15) is 0 Å². The molecule has 0 heterocycles. The summed E-state index contributed by atoms with van der Waals surface area (Å²) < 4.78 is 4.43. The van der Waals surface area contributed by atoms with Gasteiger partial charge in [0.1, 0.15) is 0 Å². The molecule has 41 valence electrons. The summed E-state index contributed by atoms with van der Waals surface area (Å²) in [5, 5.41) is 0. The Bertz CT molecular complexity index is 80.5.